The lowest BCUT2D eigenvalue weighted by Gasteiger charge is -2.05. The van der Waals surface area contributed by atoms with E-state index in [-0.39, 0.29) is 0 Å². The molecule has 1 N–H and O–H groups in total. The number of hydrogen-bond donors (Lipinski definition) is 1. The second-order valence-electron chi connectivity index (χ2n) is 4.81. The fourth-order valence-electron chi connectivity index (χ4n) is 2.21. The van der Waals surface area contributed by atoms with Gasteiger partial charge in [-0.15, -0.1) is 0 Å². The highest BCUT2D eigenvalue weighted by molar-refractivity contribution is 5.28. The quantitative estimate of drug-likeness (QED) is 0.875. The zero-order valence-electron chi connectivity index (χ0n) is 11.4. The lowest BCUT2D eigenvalue weighted by atomic mass is 10.1. The predicted octanol–water partition coefficient (Wildman–Crippen LogP) is 2.66. The standard InChI is InChI=1S/C15H21N3/c1-4-16-8-15-10-18(11-17-15)9-14-6-12(2)5-13(3)7-14/h5-7,10-11,16H,4,8-9H2,1-3H3. The first-order valence-electron chi connectivity index (χ1n) is 6.46. The van der Waals surface area contributed by atoms with Crippen LogP contribution >= 0.6 is 0 Å². The number of benzene rings is 1. The van der Waals surface area contributed by atoms with Crippen LogP contribution in [0.1, 0.15) is 29.3 Å². The van der Waals surface area contributed by atoms with Crippen molar-refractivity contribution in [1.29, 1.82) is 0 Å². The largest absolute Gasteiger partial charge is 0.333 e. The van der Waals surface area contributed by atoms with Crippen LogP contribution in [0.25, 0.3) is 0 Å². The van der Waals surface area contributed by atoms with Crippen molar-refractivity contribution >= 4 is 0 Å². The lowest BCUT2D eigenvalue weighted by molar-refractivity contribution is 0.712. The molecule has 3 nitrogen and oxygen atoms in total. The Hall–Kier alpha value is -1.61. The zero-order valence-corrected chi connectivity index (χ0v) is 11.4. The minimum atomic E-state index is 0.844. The monoisotopic (exact) mass is 243 g/mol. The highest BCUT2D eigenvalue weighted by atomic mass is 15.0. The molecule has 0 saturated heterocycles. The maximum atomic E-state index is 4.40. The van der Waals surface area contributed by atoms with E-state index in [9.17, 15) is 0 Å². The summed E-state index contributed by atoms with van der Waals surface area (Å²) in [7, 11) is 0. The third kappa shape index (κ3) is 3.44. The molecule has 0 aliphatic heterocycles. The maximum Gasteiger partial charge on any atom is 0.0953 e. The number of rotatable bonds is 5. The summed E-state index contributed by atoms with van der Waals surface area (Å²) in [5, 5.41) is 3.28. The summed E-state index contributed by atoms with van der Waals surface area (Å²) in [4.78, 5) is 4.40. The Morgan fingerprint density at radius 1 is 1.17 bits per heavy atom. The molecule has 1 heterocycles. The number of aryl methyl sites for hydroxylation is 2. The first kappa shape index (κ1) is 12.8. The van der Waals surface area contributed by atoms with Crippen LogP contribution in [-0.2, 0) is 13.1 Å². The molecule has 0 saturated carbocycles. The van der Waals surface area contributed by atoms with Gasteiger partial charge in [0.05, 0.1) is 12.0 Å². The van der Waals surface area contributed by atoms with Crippen molar-refractivity contribution in [3.8, 4) is 0 Å². The Kier molecular flexibility index (Phi) is 4.15. The molecular weight excluding hydrogens is 222 g/mol. The molecule has 2 aromatic rings. The Morgan fingerprint density at radius 2 is 1.89 bits per heavy atom. The molecule has 0 unspecified atom stereocenters. The van der Waals surface area contributed by atoms with E-state index in [2.05, 4.69) is 60.0 Å². The molecule has 96 valence electrons. The van der Waals surface area contributed by atoms with E-state index in [1.807, 2.05) is 6.33 Å². The normalized spacial score (nSPS) is 10.8. The van der Waals surface area contributed by atoms with Gasteiger partial charge in [0, 0.05) is 19.3 Å². The summed E-state index contributed by atoms with van der Waals surface area (Å²) in [5.41, 5.74) is 5.07. The fraction of sp³-hybridized carbons (Fsp3) is 0.400. The zero-order chi connectivity index (χ0) is 13.0. The van der Waals surface area contributed by atoms with E-state index < -0.39 is 0 Å². The van der Waals surface area contributed by atoms with E-state index in [1.165, 1.54) is 16.7 Å². The average molecular weight is 243 g/mol. The molecular formula is C15H21N3. The summed E-state index contributed by atoms with van der Waals surface area (Å²) >= 11 is 0. The molecule has 3 heteroatoms. The van der Waals surface area contributed by atoms with Crippen LogP contribution in [0.4, 0.5) is 0 Å². The van der Waals surface area contributed by atoms with Gasteiger partial charge in [-0.05, 0) is 26.0 Å². The number of hydrogen-bond acceptors (Lipinski definition) is 2. The summed E-state index contributed by atoms with van der Waals surface area (Å²) < 4.78 is 2.14. The van der Waals surface area contributed by atoms with E-state index in [1.54, 1.807) is 0 Å². The molecule has 0 bridgehead atoms. The average Bonchev–Trinajstić information content (AvgIpc) is 2.72. The van der Waals surface area contributed by atoms with Gasteiger partial charge in [0.1, 0.15) is 0 Å². The van der Waals surface area contributed by atoms with Crippen LogP contribution in [0.2, 0.25) is 0 Å². The van der Waals surface area contributed by atoms with Gasteiger partial charge in [0.2, 0.25) is 0 Å². The second-order valence-corrected chi connectivity index (χ2v) is 4.81. The summed E-state index contributed by atoms with van der Waals surface area (Å²) in [6, 6.07) is 6.67. The molecule has 0 aliphatic rings. The minimum Gasteiger partial charge on any atom is -0.333 e. The smallest absolute Gasteiger partial charge is 0.0953 e. The third-order valence-electron chi connectivity index (χ3n) is 2.89. The second kappa shape index (κ2) is 5.83. The van der Waals surface area contributed by atoms with Crippen molar-refractivity contribution in [3.63, 3.8) is 0 Å². The molecule has 0 atom stereocenters. The Morgan fingerprint density at radius 3 is 2.56 bits per heavy atom. The molecule has 0 radical (unpaired) electrons. The summed E-state index contributed by atoms with van der Waals surface area (Å²) in [6.45, 7) is 9.09. The first-order valence-corrected chi connectivity index (χ1v) is 6.46. The van der Waals surface area contributed by atoms with Gasteiger partial charge < -0.3 is 9.88 Å². The van der Waals surface area contributed by atoms with Gasteiger partial charge >= 0.3 is 0 Å². The molecule has 0 spiro atoms. The van der Waals surface area contributed by atoms with Crippen LogP contribution in [0, 0.1) is 13.8 Å². The van der Waals surface area contributed by atoms with Crippen LogP contribution in [0.15, 0.2) is 30.7 Å². The van der Waals surface area contributed by atoms with Gasteiger partial charge in [-0.3, -0.25) is 0 Å². The van der Waals surface area contributed by atoms with Gasteiger partial charge in [0.25, 0.3) is 0 Å². The topological polar surface area (TPSA) is 29.9 Å². The van der Waals surface area contributed by atoms with E-state index in [0.717, 1.165) is 25.3 Å². The van der Waals surface area contributed by atoms with E-state index in [0.29, 0.717) is 0 Å². The van der Waals surface area contributed by atoms with Crippen molar-refractivity contribution in [2.24, 2.45) is 0 Å². The number of nitrogens with zero attached hydrogens (tertiary/aromatic N) is 2. The summed E-state index contributed by atoms with van der Waals surface area (Å²) in [6.07, 6.45) is 4.02. The van der Waals surface area contributed by atoms with Crippen LogP contribution in [0.5, 0.6) is 0 Å². The van der Waals surface area contributed by atoms with Crippen LogP contribution in [0.3, 0.4) is 0 Å². The Labute approximate surface area is 109 Å². The van der Waals surface area contributed by atoms with Crippen molar-refractivity contribution in [3.05, 3.63) is 53.1 Å². The van der Waals surface area contributed by atoms with Crippen molar-refractivity contribution in [1.82, 2.24) is 14.9 Å². The molecule has 18 heavy (non-hydrogen) atoms. The number of imidazole rings is 1. The van der Waals surface area contributed by atoms with Crippen molar-refractivity contribution in [2.75, 3.05) is 6.54 Å². The summed E-state index contributed by atoms with van der Waals surface area (Å²) in [5.74, 6) is 0. The van der Waals surface area contributed by atoms with Gasteiger partial charge in [-0.2, -0.15) is 0 Å². The molecule has 0 amide bonds. The highest BCUT2D eigenvalue weighted by Gasteiger charge is 2.00. The number of nitrogens with one attached hydrogen (secondary N) is 1. The third-order valence-corrected chi connectivity index (χ3v) is 2.89. The maximum absolute atomic E-state index is 4.40. The highest BCUT2D eigenvalue weighted by Crippen LogP contribution is 2.10. The molecule has 1 aromatic carbocycles. The molecule has 0 aliphatic carbocycles. The first-order chi connectivity index (χ1) is 8.67. The van der Waals surface area contributed by atoms with Gasteiger partial charge in [-0.25, -0.2) is 4.98 Å². The van der Waals surface area contributed by atoms with E-state index in [4.69, 9.17) is 0 Å². The van der Waals surface area contributed by atoms with Crippen LogP contribution < -0.4 is 5.32 Å². The Balaban J connectivity index is 2.06. The molecule has 1 aromatic heterocycles. The molecule has 2 rings (SSSR count). The SMILES string of the molecule is CCNCc1cn(Cc2cc(C)cc(C)c2)cn1. The Bertz CT molecular complexity index is 494. The minimum absolute atomic E-state index is 0.844. The van der Waals surface area contributed by atoms with Crippen LogP contribution in [-0.4, -0.2) is 16.1 Å². The van der Waals surface area contributed by atoms with Crippen molar-refractivity contribution in [2.45, 2.75) is 33.9 Å². The fourth-order valence-corrected chi connectivity index (χ4v) is 2.21. The lowest BCUT2D eigenvalue weighted by Crippen LogP contribution is -2.11. The number of aromatic nitrogens is 2. The van der Waals surface area contributed by atoms with Gasteiger partial charge in [0.15, 0.2) is 0 Å². The van der Waals surface area contributed by atoms with E-state index >= 15 is 0 Å². The predicted molar refractivity (Wildman–Crippen MR) is 74.6 cm³/mol. The van der Waals surface area contributed by atoms with Crippen molar-refractivity contribution < 1.29 is 0 Å². The van der Waals surface area contributed by atoms with Gasteiger partial charge in [-0.1, -0.05) is 36.2 Å². The molecule has 0 fully saturated rings.